The van der Waals surface area contributed by atoms with Crippen LogP contribution in [0.2, 0.25) is 0 Å². The number of nitrogens with two attached hydrogens (primary N) is 1. The maximum Gasteiger partial charge on any atom is 0.165 e. The molecule has 4 nitrogen and oxygen atoms in total. The minimum atomic E-state index is 0.0849. The molecule has 2 rings (SSSR count). The molecule has 2 aromatic rings. The summed E-state index contributed by atoms with van der Waals surface area (Å²) in [6, 6.07) is 8.00. The van der Waals surface area contributed by atoms with E-state index < -0.39 is 0 Å². The summed E-state index contributed by atoms with van der Waals surface area (Å²) in [4.78, 5) is 0. The molecule has 1 heterocycles. The molecule has 0 fully saturated rings. The summed E-state index contributed by atoms with van der Waals surface area (Å²) in [5.74, 6) is 1.56. The van der Waals surface area contributed by atoms with Crippen molar-refractivity contribution in [3.8, 4) is 11.5 Å². The minimum Gasteiger partial charge on any atom is -0.454 e. The van der Waals surface area contributed by atoms with Gasteiger partial charge in [-0.05, 0) is 31.5 Å². The smallest absolute Gasteiger partial charge is 0.165 e. The van der Waals surface area contributed by atoms with E-state index in [1.54, 1.807) is 10.9 Å². The molecular formula is C13H17N3O. The summed E-state index contributed by atoms with van der Waals surface area (Å²) in [6.07, 6.45) is 3.55. The van der Waals surface area contributed by atoms with Crippen molar-refractivity contribution in [1.29, 1.82) is 0 Å². The fourth-order valence-electron chi connectivity index (χ4n) is 1.61. The third-order valence-corrected chi connectivity index (χ3v) is 2.31. The average molecular weight is 231 g/mol. The van der Waals surface area contributed by atoms with Gasteiger partial charge in [0.15, 0.2) is 5.75 Å². The van der Waals surface area contributed by atoms with Gasteiger partial charge in [-0.1, -0.05) is 12.1 Å². The van der Waals surface area contributed by atoms with Crippen molar-refractivity contribution >= 4 is 0 Å². The van der Waals surface area contributed by atoms with E-state index in [9.17, 15) is 0 Å². The molecule has 1 aromatic heterocycles. The highest BCUT2D eigenvalue weighted by Gasteiger charge is 2.03. The first-order valence-corrected chi connectivity index (χ1v) is 5.66. The molecule has 0 aliphatic rings. The van der Waals surface area contributed by atoms with Gasteiger partial charge >= 0.3 is 0 Å². The predicted octanol–water partition coefficient (Wildman–Crippen LogP) is 2.33. The van der Waals surface area contributed by atoms with E-state index in [0.717, 1.165) is 11.5 Å². The minimum absolute atomic E-state index is 0.0849. The number of hydrogen-bond acceptors (Lipinski definition) is 3. The lowest BCUT2D eigenvalue weighted by molar-refractivity contribution is 0.478. The average Bonchev–Trinajstić information content (AvgIpc) is 2.64. The summed E-state index contributed by atoms with van der Waals surface area (Å²) in [7, 11) is 0. The highest BCUT2D eigenvalue weighted by atomic mass is 16.5. The van der Waals surface area contributed by atoms with Gasteiger partial charge in [-0.15, -0.1) is 0 Å². The molecule has 0 saturated carbocycles. The van der Waals surface area contributed by atoms with Gasteiger partial charge in [-0.3, -0.25) is 4.68 Å². The van der Waals surface area contributed by atoms with Crippen LogP contribution in [0.3, 0.4) is 0 Å². The lowest BCUT2D eigenvalue weighted by Crippen LogP contribution is -2.22. The van der Waals surface area contributed by atoms with Crippen molar-refractivity contribution in [3.63, 3.8) is 0 Å². The van der Waals surface area contributed by atoms with Crippen LogP contribution >= 0.6 is 0 Å². The van der Waals surface area contributed by atoms with Crippen LogP contribution in [-0.4, -0.2) is 15.8 Å². The standard InChI is InChI=1S/C13H17N3O/c1-10-4-3-5-12(6-10)17-13-7-15-16(9-13)8-11(2)14/h3-7,9,11H,8,14H2,1-2H3. The summed E-state index contributed by atoms with van der Waals surface area (Å²) in [5, 5.41) is 4.19. The van der Waals surface area contributed by atoms with Crippen molar-refractivity contribution in [1.82, 2.24) is 9.78 Å². The van der Waals surface area contributed by atoms with Crippen LogP contribution < -0.4 is 10.5 Å². The van der Waals surface area contributed by atoms with Gasteiger partial charge in [0.25, 0.3) is 0 Å². The number of aromatic nitrogens is 2. The third-order valence-electron chi connectivity index (χ3n) is 2.31. The Hall–Kier alpha value is -1.81. The lowest BCUT2D eigenvalue weighted by Gasteiger charge is -2.04. The molecule has 0 aliphatic heterocycles. The van der Waals surface area contributed by atoms with Crippen LogP contribution in [-0.2, 0) is 6.54 Å². The van der Waals surface area contributed by atoms with Crippen LogP contribution in [0.5, 0.6) is 11.5 Å². The summed E-state index contributed by atoms with van der Waals surface area (Å²) < 4.78 is 7.48. The highest BCUT2D eigenvalue weighted by molar-refractivity contribution is 5.31. The van der Waals surface area contributed by atoms with Crippen molar-refractivity contribution in [3.05, 3.63) is 42.2 Å². The van der Waals surface area contributed by atoms with Gasteiger partial charge < -0.3 is 10.5 Å². The number of aryl methyl sites for hydroxylation is 1. The van der Waals surface area contributed by atoms with Crippen molar-refractivity contribution in [2.24, 2.45) is 5.73 Å². The van der Waals surface area contributed by atoms with Crippen LogP contribution in [0.4, 0.5) is 0 Å². The molecule has 0 bridgehead atoms. The molecule has 4 heteroatoms. The number of hydrogen-bond donors (Lipinski definition) is 1. The Morgan fingerprint density at radius 3 is 2.94 bits per heavy atom. The summed E-state index contributed by atoms with van der Waals surface area (Å²) in [5.41, 5.74) is 6.88. The van der Waals surface area contributed by atoms with Crippen LogP contribution in [0.25, 0.3) is 0 Å². The van der Waals surface area contributed by atoms with Crippen LogP contribution in [0.15, 0.2) is 36.7 Å². The fraction of sp³-hybridized carbons (Fsp3) is 0.308. The quantitative estimate of drug-likeness (QED) is 0.878. The zero-order valence-electron chi connectivity index (χ0n) is 10.1. The molecule has 0 amide bonds. The molecule has 0 saturated heterocycles. The second kappa shape index (κ2) is 5.01. The number of benzene rings is 1. The zero-order valence-corrected chi connectivity index (χ0v) is 10.1. The number of ether oxygens (including phenoxy) is 1. The van der Waals surface area contributed by atoms with E-state index in [2.05, 4.69) is 5.10 Å². The largest absolute Gasteiger partial charge is 0.454 e. The Labute approximate surface area is 101 Å². The second-order valence-corrected chi connectivity index (χ2v) is 4.29. The van der Waals surface area contributed by atoms with Gasteiger partial charge in [-0.25, -0.2) is 0 Å². The highest BCUT2D eigenvalue weighted by Crippen LogP contribution is 2.21. The lowest BCUT2D eigenvalue weighted by atomic mass is 10.2. The first-order valence-electron chi connectivity index (χ1n) is 5.66. The number of nitrogens with zero attached hydrogens (tertiary/aromatic N) is 2. The maximum absolute atomic E-state index is 5.70. The van der Waals surface area contributed by atoms with Gasteiger partial charge in [-0.2, -0.15) is 5.10 Å². The van der Waals surface area contributed by atoms with Gasteiger partial charge in [0, 0.05) is 6.04 Å². The second-order valence-electron chi connectivity index (χ2n) is 4.29. The van der Waals surface area contributed by atoms with E-state index >= 15 is 0 Å². The zero-order chi connectivity index (χ0) is 12.3. The van der Waals surface area contributed by atoms with E-state index in [0.29, 0.717) is 6.54 Å². The van der Waals surface area contributed by atoms with Gasteiger partial charge in [0.1, 0.15) is 5.75 Å². The summed E-state index contributed by atoms with van der Waals surface area (Å²) >= 11 is 0. The van der Waals surface area contributed by atoms with Crippen molar-refractivity contribution in [2.45, 2.75) is 26.4 Å². The first kappa shape index (κ1) is 11.7. The maximum atomic E-state index is 5.70. The Kier molecular flexibility index (Phi) is 3.44. The number of rotatable bonds is 4. The topological polar surface area (TPSA) is 53.1 Å². The van der Waals surface area contributed by atoms with Gasteiger partial charge in [0.2, 0.25) is 0 Å². The monoisotopic (exact) mass is 231 g/mol. The van der Waals surface area contributed by atoms with E-state index in [4.69, 9.17) is 10.5 Å². The van der Waals surface area contributed by atoms with E-state index in [-0.39, 0.29) is 6.04 Å². The van der Waals surface area contributed by atoms with E-state index in [1.165, 1.54) is 5.56 Å². The normalized spacial score (nSPS) is 12.4. The van der Waals surface area contributed by atoms with Crippen LogP contribution in [0, 0.1) is 6.92 Å². The molecular weight excluding hydrogens is 214 g/mol. The third kappa shape index (κ3) is 3.32. The molecule has 1 unspecified atom stereocenters. The Bertz CT molecular complexity index is 491. The molecule has 17 heavy (non-hydrogen) atoms. The molecule has 0 spiro atoms. The van der Waals surface area contributed by atoms with E-state index in [1.807, 2.05) is 44.3 Å². The molecule has 0 radical (unpaired) electrons. The Morgan fingerprint density at radius 1 is 1.41 bits per heavy atom. The summed E-state index contributed by atoms with van der Waals surface area (Å²) in [6.45, 7) is 4.67. The molecule has 1 aromatic carbocycles. The van der Waals surface area contributed by atoms with Crippen LogP contribution in [0.1, 0.15) is 12.5 Å². The molecule has 0 aliphatic carbocycles. The van der Waals surface area contributed by atoms with Gasteiger partial charge in [0.05, 0.1) is 18.9 Å². The Morgan fingerprint density at radius 2 is 2.24 bits per heavy atom. The molecule has 90 valence electrons. The first-order chi connectivity index (χ1) is 8.13. The fourth-order valence-corrected chi connectivity index (χ4v) is 1.61. The molecule has 2 N–H and O–H groups in total. The molecule has 1 atom stereocenters. The Balaban J connectivity index is 2.06. The predicted molar refractivity (Wildman–Crippen MR) is 67.1 cm³/mol. The van der Waals surface area contributed by atoms with Crippen molar-refractivity contribution in [2.75, 3.05) is 0 Å². The SMILES string of the molecule is Cc1cccc(Oc2cnn(CC(C)N)c2)c1. The van der Waals surface area contributed by atoms with Crippen molar-refractivity contribution < 1.29 is 4.74 Å².